The van der Waals surface area contributed by atoms with Crippen molar-refractivity contribution in [2.75, 3.05) is 13.6 Å². The van der Waals surface area contributed by atoms with E-state index in [1.54, 1.807) is 0 Å². The van der Waals surface area contributed by atoms with Crippen LogP contribution in [0.1, 0.15) is 32.3 Å². The van der Waals surface area contributed by atoms with E-state index in [4.69, 9.17) is 5.73 Å². The molecule has 0 aliphatic heterocycles. The van der Waals surface area contributed by atoms with Crippen molar-refractivity contribution in [1.29, 1.82) is 0 Å². The van der Waals surface area contributed by atoms with Crippen LogP contribution in [0.5, 0.6) is 0 Å². The zero-order valence-corrected chi connectivity index (χ0v) is 11.3. The second-order valence-electron chi connectivity index (χ2n) is 4.84. The Hall–Kier alpha value is -0.930. The number of rotatable bonds is 7. The Balaban J connectivity index is 2.57. The van der Waals surface area contributed by atoms with Crippen LogP contribution in [0.2, 0.25) is 0 Å². The Morgan fingerprint density at radius 2 is 2.00 bits per heavy atom. The molecule has 2 unspecified atom stereocenters. The number of hydrogen-bond acceptors (Lipinski definition) is 3. The molecule has 0 bridgehead atoms. The van der Waals surface area contributed by atoms with Crippen LogP contribution >= 0.6 is 0 Å². The molecule has 0 aliphatic carbocycles. The SMILES string of the molecule is CCCC(C)C(CN)N(C)Cc1ccncc1. The van der Waals surface area contributed by atoms with Crippen molar-refractivity contribution >= 4 is 0 Å². The molecule has 1 aromatic heterocycles. The fourth-order valence-electron chi connectivity index (χ4n) is 2.39. The summed E-state index contributed by atoms with van der Waals surface area (Å²) in [4.78, 5) is 6.40. The molecule has 3 heteroatoms. The minimum absolute atomic E-state index is 0.461. The molecule has 2 N–H and O–H groups in total. The van der Waals surface area contributed by atoms with Gasteiger partial charge in [-0.3, -0.25) is 9.88 Å². The van der Waals surface area contributed by atoms with Crippen LogP contribution in [0.15, 0.2) is 24.5 Å². The second kappa shape index (κ2) is 7.41. The zero-order chi connectivity index (χ0) is 12.7. The van der Waals surface area contributed by atoms with Gasteiger partial charge in [0.05, 0.1) is 0 Å². The maximum atomic E-state index is 5.90. The molecular weight excluding hydrogens is 210 g/mol. The van der Waals surface area contributed by atoms with Crippen LogP contribution in [-0.4, -0.2) is 29.5 Å². The van der Waals surface area contributed by atoms with Gasteiger partial charge in [0.15, 0.2) is 0 Å². The zero-order valence-electron chi connectivity index (χ0n) is 11.3. The van der Waals surface area contributed by atoms with Crippen LogP contribution in [0.3, 0.4) is 0 Å². The van der Waals surface area contributed by atoms with Gasteiger partial charge in [0.2, 0.25) is 0 Å². The van der Waals surface area contributed by atoms with Gasteiger partial charge >= 0.3 is 0 Å². The molecular formula is C14H25N3. The first-order chi connectivity index (χ1) is 8.19. The average molecular weight is 235 g/mol. The van der Waals surface area contributed by atoms with E-state index in [9.17, 15) is 0 Å². The van der Waals surface area contributed by atoms with Gasteiger partial charge in [-0.25, -0.2) is 0 Å². The van der Waals surface area contributed by atoms with Crippen LogP contribution < -0.4 is 5.73 Å². The lowest BCUT2D eigenvalue weighted by atomic mass is 9.95. The van der Waals surface area contributed by atoms with Gasteiger partial charge in [-0.2, -0.15) is 0 Å². The summed E-state index contributed by atoms with van der Waals surface area (Å²) in [5.41, 5.74) is 7.20. The minimum atomic E-state index is 0.461. The van der Waals surface area contributed by atoms with E-state index in [1.165, 1.54) is 18.4 Å². The highest BCUT2D eigenvalue weighted by atomic mass is 15.1. The third-order valence-electron chi connectivity index (χ3n) is 3.39. The van der Waals surface area contributed by atoms with Gasteiger partial charge in [0.1, 0.15) is 0 Å². The number of hydrogen-bond donors (Lipinski definition) is 1. The fourth-order valence-corrected chi connectivity index (χ4v) is 2.39. The molecule has 1 heterocycles. The van der Waals surface area contributed by atoms with Gasteiger partial charge in [0.25, 0.3) is 0 Å². The summed E-state index contributed by atoms with van der Waals surface area (Å²) >= 11 is 0. The van der Waals surface area contributed by atoms with Crippen molar-refractivity contribution < 1.29 is 0 Å². The topological polar surface area (TPSA) is 42.1 Å². The molecule has 17 heavy (non-hydrogen) atoms. The van der Waals surface area contributed by atoms with Crippen LogP contribution in [0.4, 0.5) is 0 Å². The molecule has 0 radical (unpaired) electrons. The molecule has 1 rings (SSSR count). The van der Waals surface area contributed by atoms with E-state index >= 15 is 0 Å². The maximum absolute atomic E-state index is 5.90. The molecule has 0 saturated carbocycles. The van der Waals surface area contributed by atoms with E-state index in [2.05, 4.69) is 42.9 Å². The molecule has 3 nitrogen and oxygen atoms in total. The Kier molecular flexibility index (Phi) is 6.16. The first-order valence-corrected chi connectivity index (χ1v) is 6.48. The normalized spacial score (nSPS) is 14.9. The average Bonchev–Trinajstić information content (AvgIpc) is 2.31. The standard InChI is InChI=1S/C14H25N3/c1-4-5-12(2)14(10-15)17(3)11-13-6-8-16-9-7-13/h6-9,12,14H,4-5,10-11,15H2,1-3H3. The highest BCUT2D eigenvalue weighted by molar-refractivity contribution is 5.09. The van der Waals surface area contributed by atoms with Gasteiger partial charge in [-0.05, 0) is 37.1 Å². The summed E-state index contributed by atoms with van der Waals surface area (Å²) in [7, 11) is 2.16. The van der Waals surface area contributed by atoms with Crippen LogP contribution in [0.25, 0.3) is 0 Å². The molecule has 0 saturated heterocycles. The molecule has 2 atom stereocenters. The maximum Gasteiger partial charge on any atom is 0.0271 e. The van der Waals surface area contributed by atoms with E-state index in [-0.39, 0.29) is 0 Å². The van der Waals surface area contributed by atoms with Crippen molar-refractivity contribution in [2.24, 2.45) is 11.7 Å². The van der Waals surface area contributed by atoms with Crippen molar-refractivity contribution in [3.05, 3.63) is 30.1 Å². The summed E-state index contributed by atoms with van der Waals surface area (Å²) in [5.74, 6) is 0.650. The van der Waals surface area contributed by atoms with Gasteiger partial charge in [-0.15, -0.1) is 0 Å². The molecule has 0 spiro atoms. The Morgan fingerprint density at radius 3 is 2.53 bits per heavy atom. The summed E-state index contributed by atoms with van der Waals surface area (Å²) in [5, 5.41) is 0. The fraction of sp³-hybridized carbons (Fsp3) is 0.643. The molecule has 0 aliphatic rings. The highest BCUT2D eigenvalue weighted by Crippen LogP contribution is 2.16. The summed E-state index contributed by atoms with van der Waals surface area (Å²) < 4.78 is 0. The smallest absolute Gasteiger partial charge is 0.0271 e. The second-order valence-corrected chi connectivity index (χ2v) is 4.84. The predicted molar refractivity (Wildman–Crippen MR) is 72.6 cm³/mol. The van der Waals surface area contributed by atoms with E-state index in [1.807, 2.05) is 12.4 Å². The Morgan fingerprint density at radius 1 is 1.35 bits per heavy atom. The number of nitrogens with two attached hydrogens (primary N) is 1. The molecule has 0 fully saturated rings. The third-order valence-corrected chi connectivity index (χ3v) is 3.39. The largest absolute Gasteiger partial charge is 0.329 e. The number of pyridine rings is 1. The number of nitrogens with zero attached hydrogens (tertiary/aromatic N) is 2. The van der Waals surface area contributed by atoms with Crippen LogP contribution in [0, 0.1) is 5.92 Å². The molecule has 0 amide bonds. The van der Waals surface area contributed by atoms with Crippen molar-refractivity contribution in [3.63, 3.8) is 0 Å². The molecule has 0 aromatic carbocycles. The number of aromatic nitrogens is 1. The third kappa shape index (κ3) is 4.44. The van der Waals surface area contributed by atoms with Crippen molar-refractivity contribution in [2.45, 2.75) is 39.3 Å². The summed E-state index contributed by atoms with van der Waals surface area (Å²) in [6.45, 7) is 6.19. The van der Waals surface area contributed by atoms with E-state index in [0.717, 1.165) is 13.1 Å². The van der Waals surface area contributed by atoms with Gasteiger partial charge in [0, 0.05) is 31.5 Å². The first-order valence-electron chi connectivity index (χ1n) is 6.48. The van der Waals surface area contributed by atoms with E-state index in [0.29, 0.717) is 12.0 Å². The van der Waals surface area contributed by atoms with Gasteiger partial charge in [-0.1, -0.05) is 20.3 Å². The highest BCUT2D eigenvalue weighted by Gasteiger charge is 2.19. The monoisotopic (exact) mass is 235 g/mol. The molecule has 1 aromatic rings. The minimum Gasteiger partial charge on any atom is -0.329 e. The first kappa shape index (κ1) is 14.1. The molecule has 96 valence electrons. The lowest BCUT2D eigenvalue weighted by Gasteiger charge is -2.32. The lowest BCUT2D eigenvalue weighted by molar-refractivity contribution is 0.174. The van der Waals surface area contributed by atoms with Crippen molar-refractivity contribution in [3.8, 4) is 0 Å². The quantitative estimate of drug-likeness (QED) is 0.788. The van der Waals surface area contributed by atoms with E-state index < -0.39 is 0 Å². The summed E-state index contributed by atoms with van der Waals surface area (Å²) in [6, 6.07) is 4.59. The van der Waals surface area contributed by atoms with Crippen LogP contribution in [-0.2, 0) is 6.54 Å². The Bertz CT molecular complexity index is 300. The van der Waals surface area contributed by atoms with Crippen molar-refractivity contribution in [1.82, 2.24) is 9.88 Å². The van der Waals surface area contributed by atoms with Gasteiger partial charge < -0.3 is 5.73 Å². The number of likely N-dealkylation sites (N-methyl/N-ethyl adjacent to an activating group) is 1. The summed E-state index contributed by atoms with van der Waals surface area (Å²) in [6.07, 6.45) is 6.15. The Labute approximate surface area is 105 Å². The predicted octanol–water partition coefficient (Wildman–Crippen LogP) is 2.28. The lowest BCUT2D eigenvalue weighted by Crippen LogP contribution is -2.42.